The lowest BCUT2D eigenvalue weighted by Crippen LogP contribution is -2.21. The second-order valence-corrected chi connectivity index (χ2v) is 6.10. The Morgan fingerprint density at radius 2 is 2.12 bits per heavy atom. The Morgan fingerprint density at radius 3 is 2.75 bits per heavy atom. The molecule has 3 rings (SSSR count). The molecule has 1 aliphatic heterocycles. The molecular weight excluding hydrogens is 322 g/mol. The number of benzene rings is 1. The van der Waals surface area contributed by atoms with E-state index in [4.69, 9.17) is 17.0 Å². The van der Waals surface area contributed by atoms with Gasteiger partial charge in [0.15, 0.2) is 5.82 Å². The van der Waals surface area contributed by atoms with Gasteiger partial charge in [-0.15, -0.1) is 0 Å². The van der Waals surface area contributed by atoms with Crippen molar-refractivity contribution in [1.29, 1.82) is 0 Å². The van der Waals surface area contributed by atoms with Crippen LogP contribution in [0, 0.1) is 4.77 Å². The first-order chi connectivity index (χ1) is 11.7. The van der Waals surface area contributed by atoms with Crippen LogP contribution in [-0.2, 0) is 4.74 Å². The minimum absolute atomic E-state index is 0.0276. The van der Waals surface area contributed by atoms with Crippen LogP contribution in [0.1, 0.15) is 44.2 Å². The van der Waals surface area contributed by atoms with Gasteiger partial charge in [0.1, 0.15) is 6.10 Å². The van der Waals surface area contributed by atoms with Crippen LogP contribution < -0.4 is 4.90 Å². The molecule has 2 aromatic rings. The predicted octanol–water partition coefficient (Wildman–Crippen LogP) is 3.52. The largest absolute Gasteiger partial charge is 0.372 e. The molecule has 1 aromatic heterocycles. The van der Waals surface area contributed by atoms with Crippen molar-refractivity contribution in [3.8, 4) is 0 Å². The Balaban J connectivity index is 1.79. The van der Waals surface area contributed by atoms with E-state index in [1.807, 2.05) is 0 Å². The molecule has 0 saturated carbocycles. The summed E-state index contributed by atoms with van der Waals surface area (Å²) in [5, 5.41) is 11.6. The summed E-state index contributed by atoms with van der Waals surface area (Å²) in [6.07, 6.45) is 3.77. The average molecular weight is 345 g/mol. The van der Waals surface area contributed by atoms with E-state index in [-0.39, 0.29) is 6.10 Å². The number of anilines is 1. The number of aromatic amines is 1. The highest BCUT2D eigenvalue weighted by atomic mass is 32.1. The van der Waals surface area contributed by atoms with Gasteiger partial charge in [-0.3, -0.25) is 5.10 Å². The average Bonchev–Trinajstić information content (AvgIpc) is 3.25. The summed E-state index contributed by atoms with van der Waals surface area (Å²) in [7, 11) is 0. The minimum atomic E-state index is -0.0276. The lowest BCUT2D eigenvalue weighted by molar-refractivity contribution is 0.102. The molecule has 0 aliphatic carbocycles. The topological polar surface area (TPSA) is 58.4 Å². The highest BCUT2D eigenvalue weighted by molar-refractivity contribution is 7.71. The van der Waals surface area contributed by atoms with Crippen LogP contribution in [0.5, 0.6) is 0 Å². The van der Waals surface area contributed by atoms with Gasteiger partial charge in [-0.05, 0) is 56.6 Å². The van der Waals surface area contributed by atoms with Gasteiger partial charge >= 0.3 is 0 Å². The summed E-state index contributed by atoms with van der Waals surface area (Å²) < 4.78 is 7.82. The zero-order valence-corrected chi connectivity index (χ0v) is 14.9. The van der Waals surface area contributed by atoms with Crippen molar-refractivity contribution in [1.82, 2.24) is 14.9 Å². The second kappa shape index (κ2) is 7.72. The molecule has 1 saturated heterocycles. The van der Waals surface area contributed by atoms with E-state index in [1.165, 1.54) is 5.69 Å². The van der Waals surface area contributed by atoms with E-state index in [2.05, 4.69) is 58.3 Å². The van der Waals surface area contributed by atoms with Crippen LogP contribution >= 0.6 is 12.2 Å². The molecule has 1 aliphatic rings. The molecule has 0 amide bonds. The first-order valence-corrected chi connectivity index (χ1v) is 8.82. The number of aromatic nitrogens is 3. The fourth-order valence-corrected chi connectivity index (χ4v) is 3.08. The SMILES string of the molecule is CCN(CC)c1ccc(/C=N\n2c([C@@H]3CCCO3)n[nH]c2=S)cc1. The van der Waals surface area contributed by atoms with E-state index >= 15 is 0 Å². The number of nitrogens with zero attached hydrogens (tertiary/aromatic N) is 4. The molecule has 0 radical (unpaired) electrons. The molecule has 0 spiro atoms. The molecule has 0 unspecified atom stereocenters. The highest BCUT2D eigenvalue weighted by Gasteiger charge is 2.23. The Labute approximate surface area is 147 Å². The van der Waals surface area contributed by atoms with E-state index < -0.39 is 0 Å². The fraction of sp³-hybridized carbons (Fsp3) is 0.471. The number of ether oxygens (including phenoxy) is 1. The van der Waals surface area contributed by atoms with Crippen LogP contribution in [0.2, 0.25) is 0 Å². The Hall–Kier alpha value is -1.99. The van der Waals surface area contributed by atoms with Crippen molar-refractivity contribution >= 4 is 24.1 Å². The number of hydrogen-bond acceptors (Lipinski definition) is 5. The van der Waals surface area contributed by atoms with E-state index in [0.29, 0.717) is 4.77 Å². The summed E-state index contributed by atoms with van der Waals surface area (Å²) in [5.41, 5.74) is 2.24. The molecule has 1 atom stereocenters. The van der Waals surface area contributed by atoms with Gasteiger partial charge in [-0.25, -0.2) is 0 Å². The minimum Gasteiger partial charge on any atom is -0.372 e. The Kier molecular flexibility index (Phi) is 5.42. The Bertz CT molecular complexity index is 739. The van der Waals surface area contributed by atoms with E-state index in [0.717, 1.165) is 43.9 Å². The van der Waals surface area contributed by atoms with Gasteiger partial charge in [-0.1, -0.05) is 12.1 Å². The van der Waals surface area contributed by atoms with Crippen molar-refractivity contribution in [2.24, 2.45) is 5.10 Å². The van der Waals surface area contributed by atoms with Crippen molar-refractivity contribution in [2.45, 2.75) is 32.8 Å². The smallest absolute Gasteiger partial charge is 0.216 e. The molecule has 2 heterocycles. The highest BCUT2D eigenvalue weighted by Crippen LogP contribution is 2.27. The summed E-state index contributed by atoms with van der Waals surface area (Å²) in [5.74, 6) is 0.744. The van der Waals surface area contributed by atoms with Crippen molar-refractivity contribution in [3.05, 3.63) is 40.4 Å². The maximum Gasteiger partial charge on any atom is 0.216 e. The normalized spacial score (nSPS) is 17.7. The van der Waals surface area contributed by atoms with Crippen LogP contribution in [0.25, 0.3) is 0 Å². The second-order valence-electron chi connectivity index (χ2n) is 5.71. The third kappa shape index (κ3) is 3.57. The van der Waals surface area contributed by atoms with Crippen molar-refractivity contribution in [2.75, 3.05) is 24.6 Å². The van der Waals surface area contributed by atoms with Gasteiger partial charge in [0.2, 0.25) is 4.77 Å². The predicted molar refractivity (Wildman–Crippen MR) is 98.3 cm³/mol. The summed E-state index contributed by atoms with van der Waals surface area (Å²) in [6.45, 7) is 7.08. The van der Waals surface area contributed by atoms with Gasteiger partial charge in [0.05, 0.1) is 6.21 Å². The molecule has 24 heavy (non-hydrogen) atoms. The van der Waals surface area contributed by atoms with Crippen molar-refractivity contribution < 1.29 is 4.74 Å². The third-order valence-electron chi connectivity index (χ3n) is 4.24. The first kappa shape index (κ1) is 16.9. The summed E-state index contributed by atoms with van der Waals surface area (Å²) >= 11 is 5.28. The standard InChI is InChI=1S/C17H23N5OS/c1-3-21(4-2)14-9-7-13(8-10-14)12-18-22-16(19-20-17(22)24)15-6-5-11-23-15/h7-10,12,15H,3-6,11H2,1-2H3,(H,20,24)/b18-12-/t15-/m0/s1. The van der Waals surface area contributed by atoms with Crippen LogP contribution in [0.15, 0.2) is 29.4 Å². The fourth-order valence-electron chi connectivity index (χ4n) is 2.89. The summed E-state index contributed by atoms with van der Waals surface area (Å²) in [4.78, 5) is 2.31. The van der Waals surface area contributed by atoms with Crippen molar-refractivity contribution in [3.63, 3.8) is 0 Å². The quantitative estimate of drug-likeness (QED) is 0.643. The van der Waals surface area contributed by atoms with Gasteiger partial charge in [0, 0.05) is 25.4 Å². The molecule has 1 fully saturated rings. The van der Waals surface area contributed by atoms with Crippen LogP contribution in [-0.4, -0.2) is 40.8 Å². The molecule has 1 aromatic carbocycles. The maximum absolute atomic E-state index is 5.68. The molecule has 6 nitrogen and oxygen atoms in total. The molecule has 128 valence electrons. The maximum atomic E-state index is 5.68. The monoisotopic (exact) mass is 345 g/mol. The lowest BCUT2D eigenvalue weighted by Gasteiger charge is -2.20. The van der Waals surface area contributed by atoms with E-state index in [9.17, 15) is 0 Å². The third-order valence-corrected chi connectivity index (χ3v) is 4.50. The molecule has 7 heteroatoms. The number of rotatable bonds is 6. The summed E-state index contributed by atoms with van der Waals surface area (Å²) in [6, 6.07) is 8.35. The number of H-pyrrole nitrogens is 1. The van der Waals surface area contributed by atoms with E-state index in [1.54, 1.807) is 10.9 Å². The zero-order valence-electron chi connectivity index (χ0n) is 14.1. The zero-order chi connectivity index (χ0) is 16.9. The van der Waals surface area contributed by atoms with Crippen LogP contribution in [0.3, 0.4) is 0 Å². The first-order valence-electron chi connectivity index (χ1n) is 8.41. The van der Waals surface area contributed by atoms with Gasteiger partial charge < -0.3 is 9.64 Å². The number of hydrogen-bond donors (Lipinski definition) is 1. The number of nitrogens with one attached hydrogen (secondary N) is 1. The van der Waals surface area contributed by atoms with Crippen LogP contribution in [0.4, 0.5) is 5.69 Å². The molecule has 0 bridgehead atoms. The molecule has 1 N–H and O–H groups in total. The molecular formula is C17H23N5OS. The lowest BCUT2D eigenvalue weighted by atomic mass is 10.2. The van der Waals surface area contributed by atoms with Gasteiger partial charge in [0.25, 0.3) is 0 Å². The Morgan fingerprint density at radius 1 is 1.38 bits per heavy atom. The van der Waals surface area contributed by atoms with Gasteiger partial charge in [-0.2, -0.15) is 14.9 Å².